The van der Waals surface area contributed by atoms with Crippen LogP contribution in [0, 0.1) is 0 Å². The van der Waals surface area contributed by atoms with Gasteiger partial charge < -0.3 is 15.4 Å². The van der Waals surface area contributed by atoms with Crippen LogP contribution in [0.2, 0.25) is 5.02 Å². The molecule has 0 radical (unpaired) electrons. The molecule has 0 aliphatic carbocycles. The summed E-state index contributed by atoms with van der Waals surface area (Å²) in [5.41, 5.74) is 5.36. The Kier molecular flexibility index (Phi) is 6.54. The topological polar surface area (TPSA) is 55.6 Å². The van der Waals surface area contributed by atoms with Crippen molar-refractivity contribution in [2.45, 2.75) is 12.8 Å². The summed E-state index contributed by atoms with van der Waals surface area (Å²) in [4.78, 5) is 13.2. The third-order valence-electron chi connectivity index (χ3n) is 2.51. The number of nitrogens with two attached hydrogens (primary N) is 1. The molecule has 0 saturated carbocycles. The van der Waals surface area contributed by atoms with Gasteiger partial charge in [-0.2, -0.15) is 0 Å². The first-order valence-electron chi connectivity index (χ1n) is 5.96. The molecule has 18 heavy (non-hydrogen) atoms. The summed E-state index contributed by atoms with van der Waals surface area (Å²) >= 11 is 5.84. The molecule has 5 heteroatoms. The molecule has 1 rings (SSSR count). The predicted molar refractivity (Wildman–Crippen MR) is 72.9 cm³/mol. The second kappa shape index (κ2) is 7.95. The van der Waals surface area contributed by atoms with E-state index in [0.29, 0.717) is 36.9 Å². The molecule has 0 atom stereocenters. The van der Waals surface area contributed by atoms with Crippen molar-refractivity contribution in [2.75, 3.05) is 26.7 Å². The van der Waals surface area contributed by atoms with E-state index in [9.17, 15) is 4.79 Å². The van der Waals surface area contributed by atoms with Crippen molar-refractivity contribution >= 4 is 17.5 Å². The van der Waals surface area contributed by atoms with Crippen molar-refractivity contribution in [2.24, 2.45) is 5.73 Å². The van der Waals surface area contributed by atoms with Gasteiger partial charge in [0, 0.05) is 18.5 Å². The third kappa shape index (κ3) is 5.38. The van der Waals surface area contributed by atoms with E-state index in [1.54, 1.807) is 24.1 Å². The summed E-state index contributed by atoms with van der Waals surface area (Å²) < 4.78 is 5.51. The fourth-order valence-electron chi connectivity index (χ4n) is 1.43. The van der Waals surface area contributed by atoms with Crippen LogP contribution in [0.1, 0.15) is 12.8 Å². The molecular weight excluding hydrogens is 252 g/mol. The molecule has 0 heterocycles. The SMILES string of the molecule is CN(CCOc1cccc(Cl)c1)C(=O)CCCN. The Morgan fingerprint density at radius 3 is 2.94 bits per heavy atom. The summed E-state index contributed by atoms with van der Waals surface area (Å²) in [6, 6.07) is 7.20. The lowest BCUT2D eigenvalue weighted by Gasteiger charge is -2.17. The normalized spacial score (nSPS) is 10.2. The summed E-state index contributed by atoms with van der Waals surface area (Å²) in [6.07, 6.45) is 1.21. The van der Waals surface area contributed by atoms with Crippen LogP contribution in [-0.4, -0.2) is 37.6 Å². The molecule has 0 spiro atoms. The highest BCUT2D eigenvalue weighted by Crippen LogP contribution is 2.16. The zero-order valence-electron chi connectivity index (χ0n) is 10.6. The van der Waals surface area contributed by atoms with Crippen LogP contribution in [0.3, 0.4) is 0 Å². The largest absolute Gasteiger partial charge is 0.492 e. The van der Waals surface area contributed by atoms with Gasteiger partial charge in [-0.25, -0.2) is 0 Å². The van der Waals surface area contributed by atoms with E-state index in [4.69, 9.17) is 22.1 Å². The van der Waals surface area contributed by atoms with E-state index in [2.05, 4.69) is 0 Å². The number of halogens is 1. The van der Waals surface area contributed by atoms with Gasteiger partial charge in [0.05, 0.1) is 6.54 Å². The Balaban J connectivity index is 2.26. The van der Waals surface area contributed by atoms with Gasteiger partial charge in [-0.1, -0.05) is 17.7 Å². The quantitative estimate of drug-likeness (QED) is 0.824. The van der Waals surface area contributed by atoms with Gasteiger partial charge in [0.2, 0.25) is 5.91 Å². The minimum atomic E-state index is 0.0927. The second-order valence-corrected chi connectivity index (χ2v) is 4.45. The number of hydrogen-bond acceptors (Lipinski definition) is 3. The lowest BCUT2D eigenvalue weighted by molar-refractivity contribution is -0.130. The fraction of sp³-hybridized carbons (Fsp3) is 0.462. The molecule has 0 bridgehead atoms. The highest BCUT2D eigenvalue weighted by Gasteiger charge is 2.07. The number of carbonyl (C=O) groups excluding carboxylic acids is 1. The number of ether oxygens (including phenoxy) is 1. The van der Waals surface area contributed by atoms with Crippen LogP contribution < -0.4 is 10.5 Å². The van der Waals surface area contributed by atoms with Gasteiger partial charge in [-0.15, -0.1) is 0 Å². The number of rotatable bonds is 7. The van der Waals surface area contributed by atoms with E-state index >= 15 is 0 Å². The minimum absolute atomic E-state index is 0.0927. The molecule has 4 nitrogen and oxygen atoms in total. The van der Waals surface area contributed by atoms with Gasteiger partial charge >= 0.3 is 0 Å². The van der Waals surface area contributed by atoms with Crippen LogP contribution >= 0.6 is 11.6 Å². The van der Waals surface area contributed by atoms with Crippen LogP contribution in [0.5, 0.6) is 5.75 Å². The summed E-state index contributed by atoms with van der Waals surface area (Å²) in [6.45, 7) is 1.54. The maximum absolute atomic E-state index is 11.6. The smallest absolute Gasteiger partial charge is 0.222 e. The summed E-state index contributed by atoms with van der Waals surface area (Å²) in [5.74, 6) is 0.806. The number of amides is 1. The first-order valence-corrected chi connectivity index (χ1v) is 6.33. The zero-order valence-corrected chi connectivity index (χ0v) is 11.3. The molecule has 1 aromatic carbocycles. The minimum Gasteiger partial charge on any atom is -0.492 e. The molecule has 0 aromatic heterocycles. The van der Waals surface area contributed by atoms with Crippen LogP contribution in [0.15, 0.2) is 24.3 Å². The lowest BCUT2D eigenvalue weighted by Crippen LogP contribution is -2.31. The molecule has 0 saturated heterocycles. The van der Waals surface area contributed by atoms with Crippen LogP contribution in [0.25, 0.3) is 0 Å². The van der Waals surface area contributed by atoms with Crippen molar-refractivity contribution in [3.63, 3.8) is 0 Å². The number of nitrogens with zero attached hydrogens (tertiary/aromatic N) is 1. The number of carbonyl (C=O) groups is 1. The van der Waals surface area contributed by atoms with Crippen LogP contribution in [-0.2, 0) is 4.79 Å². The Morgan fingerprint density at radius 1 is 1.50 bits per heavy atom. The van der Waals surface area contributed by atoms with Crippen molar-refractivity contribution in [3.8, 4) is 5.75 Å². The van der Waals surface area contributed by atoms with E-state index < -0.39 is 0 Å². The molecule has 2 N–H and O–H groups in total. The Labute approximate surface area is 113 Å². The predicted octanol–water partition coefficient (Wildman–Crippen LogP) is 1.92. The maximum atomic E-state index is 11.6. The van der Waals surface area contributed by atoms with E-state index in [-0.39, 0.29) is 5.91 Å². The molecule has 100 valence electrons. The molecule has 0 fully saturated rings. The second-order valence-electron chi connectivity index (χ2n) is 4.01. The number of hydrogen-bond donors (Lipinski definition) is 1. The van der Waals surface area contributed by atoms with Gasteiger partial charge in [0.15, 0.2) is 0 Å². The summed E-state index contributed by atoms with van der Waals surface area (Å²) in [5, 5.41) is 0.639. The van der Waals surface area contributed by atoms with Gasteiger partial charge in [-0.05, 0) is 31.2 Å². The molecule has 0 aliphatic heterocycles. The molecule has 0 unspecified atom stereocenters. The first kappa shape index (κ1) is 14.8. The van der Waals surface area contributed by atoms with E-state index in [0.717, 1.165) is 6.42 Å². The maximum Gasteiger partial charge on any atom is 0.222 e. The Bertz CT molecular complexity index is 385. The van der Waals surface area contributed by atoms with E-state index in [1.165, 1.54) is 0 Å². The van der Waals surface area contributed by atoms with Gasteiger partial charge in [0.1, 0.15) is 12.4 Å². The van der Waals surface area contributed by atoms with E-state index in [1.807, 2.05) is 12.1 Å². The highest BCUT2D eigenvalue weighted by atomic mass is 35.5. The standard InChI is InChI=1S/C13H19ClN2O2/c1-16(13(17)6-3-7-15)8-9-18-12-5-2-4-11(14)10-12/h2,4-5,10H,3,6-9,15H2,1H3. The summed E-state index contributed by atoms with van der Waals surface area (Å²) in [7, 11) is 1.76. The van der Waals surface area contributed by atoms with Crippen molar-refractivity contribution in [3.05, 3.63) is 29.3 Å². The Hall–Kier alpha value is -1.26. The molecule has 0 aliphatic rings. The average Bonchev–Trinajstić information content (AvgIpc) is 2.35. The van der Waals surface area contributed by atoms with Gasteiger partial charge in [0.25, 0.3) is 0 Å². The zero-order chi connectivity index (χ0) is 13.4. The third-order valence-corrected chi connectivity index (χ3v) is 2.75. The number of likely N-dealkylation sites (N-methyl/N-ethyl adjacent to an activating group) is 1. The monoisotopic (exact) mass is 270 g/mol. The first-order chi connectivity index (χ1) is 8.63. The molecule has 1 aromatic rings. The highest BCUT2D eigenvalue weighted by molar-refractivity contribution is 6.30. The molecular formula is C13H19ClN2O2. The van der Waals surface area contributed by atoms with Crippen molar-refractivity contribution in [1.29, 1.82) is 0 Å². The fourth-order valence-corrected chi connectivity index (χ4v) is 1.61. The Morgan fingerprint density at radius 2 is 2.28 bits per heavy atom. The molecule has 1 amide bonds. The van der Waals surface area contributed by atoms with Gasteiger partial charge in [-0.3, -0.25) is 4.79 Å². The van der Waals surface area contributed by atoms with Crippen LogP contribution in [0.4, 0.5) is 0 Å². The lowest BCUT2D eigenvalue weighted by atomic mass is 10.3. The number of benzene rings is 1. The van der Waals surface area contributed by atoms with Crippen molar-refractivity contribution in [1.82, 2.24) is 4.90 Å². The van der Waals surface area contributed by atoms with Crippen molar-refractivity contribution < 1.29 is 9.53 Å². The average molecular weight is 271 g/mol.